The largest absolute Gasteiger partial charge is 0.508 e. The SMILES string of the molecule is CC[C@H](C)[C@H](NC(=O)[C@H](CC(C)C)NC(=O)CNC(=O)[C@@H](NC(=O)[C@H](Cc1ccc(O)cc1)NC(=O)[C@H](CO)NC(=O)[C@@H](NC(=O)[C@@H](N)CC(=O)O)C(C)C)C(C)C)C(=O)N[C@@H](CC(C)C)C(=O)N[C@@H](CCC(=O)O)C(=O)N[C@H](C(=O)N[C@@H](CC(=O)O)C(=O)O)[C@@H](C)O. The molecule has 0 saturated heterocycles. The number of aromatic hydroxyl groups is 1. The van der Waals surface area contributed by atoms with Crippen LogP contribution in [0.2, 0.25) is 0 Å². The second kappa shape index (κ2) is 40.0. The fourth-order valence-electron chi connectivity index (χ4n) is 8.92. The Morgan fingerprint density at radius 3 is 1.34 bits per heavy atom. The predicted molar refractivity (Wildman–Crippen MR) is 328 cm³/mol. The number of aliphatic carboxylic acids is 4. The van der Waals surface area contributed by atoms with Gasteiger partial charge in [0.25, 0.3) is 0 Å². The topological polar surface area (TPSA) is 556 Å². The van der Waals surface area contributed by atoms with Crippen molar-refractivity contribution in [3.05, 3.63) is 29.8 Å². The van der Waals surface area contributed by atoms with Crippen LogP contribution in [0.4, 0.5) is 0 Å². The predicted octanol–water partition coefficient (Wildman–Crippen LogP) is -4.05. The molecule has 0 bridgehead atoms. The first kappa shape index (κ1) is 82.0. The van der Waals surface area contributed by atoms with Gasteiger partial charge in [0.2, 0.25) is 65.0 Å². The highest BCUT2D eigenvalue weighted by atomic mass is 16.4. The third-order valence-corrected chi connectivity index (χ3v) is 14.3. The summed E-state index contributed by atoms with van der Waals surface area (Å²) < 4.78 is 0. The van der Waals surface area contributed by atoms with Gasteiger partial charge in [-0.1, -0.05) is 87.8 Å². The van der Waals surface area contributed by atoms with E-state index in [0.29, 0.717) is 5.56 Å². The number of aliphatic hydroxyl groups is 2. The van der Waals surface area contributed by atoms with Gasteiger partial charge >= 0.3 is 23.9 Å². The Morgan fingerprint density at radius 1 is 0.452 bits per heavy atom. The minimum atomic E-state index is -1.99. The molecular formula is C59H94N12O22. The van der Waals surface area contributed by atoms with Gasteiger partial charge in [0.05, 0.1) is 38.1 Å². The lowest BCUT2D eigenvalue weighted by Crippen LogP contribution is -2.62. The minimum Gasteiger partial charge on any atom is -0.508 e. The molecule has 522 valence electrons. The van der Waals surface area contributed by atoms with Crippen LogP contribution < -0.4 is 64.2 Å². The van der Waals surface area contributed by atoms with Crippen molar-refractivity contribution in [2.24, 2.45) is 35.3 Å². The number of benzene rings is 1. The summed E-state index contributed by atoms with van der Waals surface area (Å²) in [7, 11) is 0. The molecule has 13 atom stereocenters. The fourth-order valence-corrected chi connectivity index (χ4v) is 8.92. The lowest BCUT2D eigenvalue weighted by atomic mass is 9.95. The van der Waals surface area contributed by atoms with E-state index in [1.54, 1.807) is 55.4 Å². The van der Waals surface area contributed by atoms with Gasteiger partial charge in [-0.05, 0) is 73.5 Å². The average Bonchev–Trinajstić information content (AvgIpc) is 1.14. The minimum absolute atomic E-state index is 0.0175. The van der Waals surface area contributed by atoms with E-state index in [-0.39, 0.29) is 43.3 Å². The number of nitrogens with one attached hydrogen (secondary N) is 11. The van der Waals surface area contributed by atoms with E-state index in [1.807, 2.05) is 5.32 Å². The average molecular weight is 1320 g/mol. The highest BCUT2D eigenvalue weighted by Crippen LogP contribution is 2.16. The number of carboxylic acids is 4. The maximum Gasteiger partial charge on any atom is 0.326 e. The molecule has 0 unspecified atom stereocenters. The number of hydrogen-bond acceptors (Lipinski definition) is 19. The highest BCUT2D eigenvalue weighted by Gasteiger charge is 2.38. The van der Waals surface area contributed by atoms with Crippen LogP contribution in [-0.4, -0.2) is 210 Å². The lowest BCUT2D eigenvalue weighted by molar-refractivity contribution is -0.148. The fraction of sp³-hybridized carbons (Fsp3) is 0.644. The van der Waals surface area contributed by atoms with Crippen LogP contribution >= 0.6 is 0 Å². The molecule has 93 heavy (non-hydrogen) atoms. The molecule has 0 aliphatic carbocycles. The molecule has 0 aliphatic heterocycles. The number of phenolic OH excluding ortho intramolecular Hbond substituents is 1. The number of aliphatic hydroxyl groups excluding tert-OH is 2. The Labute approximate surface area is 537 Å². The van der Waals surface area contributed by atoms with E-state index >= 15 is 0 Å². The van der Waals surface area contributed by atoms with Gasteiger partial charge < -0.3 is 100.0 Å². The Balaban J connectivity index is 3.43. The monoisotopic (exact) mass is 1320 g/mol. The number of carbonyl (C=O) groups excluding carboxylic acids is 11. The van der Waals surface area contributed by atoms with Gasteiger partial charge in [-0.15, -0.1) is 0 Å². The Bertz CT molecular complexity index is 2780. The summed E-state index contributed by atoms with van der Waals surface area (Å²) in [6.45, 7) is 15.5. The number of hydrogen-bond donors (Lipinski definition) is 19. The maximum atomic E-state index is 14.3. The van der Waals surface area contributed by atoms with Crippen LogP contribution in [0.15, 0.2) is 24.3 Å². The zero-order valence-electron chi connectivity index (χ0n) is 54.0. The first-order chi connectivity index (χ1) is 43.2. The van der Waals surface area contributed by atoms with Crippen LogP contribution in [-0.2, 0) is 78.3 Å². The van der Waals surface area contributed by atoms with Crippen molar-refractivity contribution >= 4 is 88.9 Å². The van der Waals surface area contributed by atoms with Gasteiger partial charge in [-0.2, -0.15) is 0 Å². The number of amides is 11. The van der Waals surface area contributed by atoms with Crippen molar-refractivity contribution in [3.63, 3.8) is 0 Å². The summed E-state index contributed by atoms with van der Waals surface area (Å²) in [4.78, 5) is 196. The zero-order valence-corrected chi connectivity index (χ0v) is 54.0. The van der Waals surface area contributed by atoms with Crippen molar-refractivity contribution < 1.29 is 108 Å². The van der Waals surface area contributed by atoms with E-state index in [9.17, 15) is 97.5 Å². The number of rotatable bonds is 42. The van der Waals surface area contributed by atoms with Crippen molar-refractivity contribution in [2.75, 3.05) is 13.2 Å². The summed E-state index contributed by atoms with van der Waals surface area (Å²) in [6, 6.07) is -12.1. The van der Waals surface area contributed by atoms with Gasteiger partial charge in [0.15, 0.2) is 0 Å². The van der Waals surface area contributed by atoms with Gasteiger partial charge in [-0.25, -0.2) is 4.79 Å². The molecule has 0 aliphatic rings. The quantitative estimate of drug-likeness (QED) is 0.0296. The van der Waals surface area contributed by atoms with Crippen LogP contribution in [0, 0.1) is 29.6 Å². The van der Waals surface area contributed by atoms with E-state index in [2.05, 4.69) is 53.2 Å². The van der Waals surface area contributed by atoms with Crippen LogP contribution in [0.25, 0.3) is 0 Å². The second-order valence-electron chi connectivity index (χ2n) is 24.1. The Hall–Kier alpha value is -9.05. The summed E-state index contributed by atoms with van der Waals surface area (Å²) in [5.74, 6) is -20.1. The standard InChI is InChI=1S/C59H94N12O22/c1-12-30(10)47(57(90)65-37(20-27(4)5)51(84)63-35(17-18-42(76)77)50(83)71-48(31(11)73)58(91)66-39(59(92)93)23-44(80)81)70-52(85)36(19-26(2)3)62-41(75)24-61-55(88)45(28(6)7)69-53(86)38(21-32-13-15-33(74)16-14-32)64-54(87)40(25-72)67-56(89)46(29(8)9)68-49(82)34(60)22-43(78)79/h13-16,26-31,34-40,45-48,72-74H,12,17-25,60H2,1-11H3,(H,61,88)(H,62,75)(H,63,84)(H,64,87)(H,65,90)(H,66,91)(H,67,89)(H,68,82)(H,69,86)(H,70,85)(H,71,83)(H,76,77)(H,78,79)(H,80,81)(H,92,93)/t30-,31+,34-,35-,36-,37-,38-,39-,40-,45-,46-,47-,48-/m0/s1. The van der Waals surface area contributed by atoms with Gasteiger partial charge in [0, 0.05) is 12.8 Å². The van der Waals surface area contributed by atoms with Crippen LogP contribution in [0.5, 0.6) is 5.75 Å². The molecule has 1 aromatic rings. The second-order valence-corrected chi connectivity index (χ2v) is 24.1. The number of nitrogens with two attached hydrogens (primary N) is 1. The molecule has 20 N–H and O–H groups in total. The van der Waals surface area contributed by atoms with E-state index in [4.69, 9.17) is 15.9 Å². The first-order valence-corrected chi connectivity index (χ1v) is 30.2. The molecule has 0 spiro atoms. The molecule has 11 amide bonds. The number of carboxylic acid groups (broad SMARTS) is 4. The van der Waals surface area contributed by atoms with Crippen molar-refractivity contribution in [1.82, 2.24) is 58.5 Å². The molecule has 1 rings (SSSR count). The molecule has 0 radical (unpaired) electrons. The summed E-state index contributed by atoms with van der Waals surface area (Å²) in [5, 5.41) is 93.8. The van der Waals surface area contributed by atoms with E-state index < -0.39 is 218 Å². The van der Waals surface area contributed by atoms with Crippen LogP contribution in [0.3, 0.4) is 0 Å². The number of carbonyl (C=O) groups is 15. The van der Waals surface area contributed by atoms with E-state index in [1.165, 1.54) is 38.1 Å². The Morgan fingerprint density at radius 2 is 0.860 bits per heavy atom. The highest BCUT2D eigenvalue weighted by molar-refractivity contribution is 5.99. The molecule has 34 heteroatoms. The third kappa shape index (κ3) is 29.8. The molecular weight excluding hydrogens is 1230 g/mol. The van der Waals surface area contributed by atoms with Crippen molar-refractivity contribution in [1.29, 1.82) is 0 Å². The third-order valence-electron chi connectivity index (χ3n) is 14.3. The zero-order chi connectivity index (χ0) is 71.3. The number of phenols is 1. The normalized spacial score (nSPS) is 15.5. The van der Waals surface area contributed by atoms with Gasteiger partial charge in [-0.3, -0.25) is 67.1 Å². The first-order valence-electron chi connectivity index (χ1n) is 30.2. The Kier molecular flexibility index (Phi) is 35.3. The van der Waals surface area contributed by atoms with E-state index in [0.717, 1.165) is 6.92 Å². The molecule has 34 nitrogen and oxygen atoms in total. The lowest BCUT2D eigenvalue weighted by Gasteiger charge is -2.30. The molecule has 0 aromatic heterocycles. The summed E-state index contributed by atoms with van der Waals surface area (Å²) in [5.41, 5.74) is 6.04. The van der Waals surface area contributed by atoms with Crippen LogP contribution in [0.1, 0.15) is 127 Å². The molecule has 0 heterocycles. The maximum absolute atomic E-state index is 14.3. The molecule has 0 fully saturated rings. The summed E-state index contributed by atoms with van der Waals surface area (Å²) >= 11 is 0. The van der Waals surface area contributed by atoms with Crippen molar-refractivity contribution in [3.8, 4) is 5.75 Å². The molecule has 0 saturated carbocycles. The summed E-state index contributed by atoms with van der Waals surface area (Å²) in [6.07, 6.45) is -5.07. The van der Waals surface area contributed by atoms with Crippen molar-refractivity contribution in [2.45, 2.75) is 200 Å². The smallest absolute Gasteiger partial charge is 0.326 e. The van der Waals surface area contributed by atoms with Gasteiger partial charge in [0.1, 0.15) is 66.2 Å². The molecule has 1 aromatic carbocycles.